The second kappa shape index (κ2) is 4.87. The Labute approximate surface area is 121 Å². The molecular weight excluding hydrogens is 398 g/mol. The molecule has 2 aromatic rings. The van der Waals surface area contributed by atoms with Crippen LogP contribution in [0.4, 0.5) is 4.39 Å². The van der Waals surface area contributed by atoms with Gasteiger partial charge in [0.05, 0.1) is 19.4 Å². The lowest BCUT2D eigenvalue weighted by Crippen LogP contribution is -2.11. The van der Waals surface area contributed by atoms with Crippen LogP contribution in [0.25, 0.3) is 10.9 Å². The van der Waals surface area contributed by atoms with Crippen LogP contribution in [0.3, 0.4) is 0 Å². The number of aromatic amines is 1. The Morgan fingerprint density at radius 1 is 1.41 bits per heavy atom. The third-order valence-electron chi connectivity index (χ3n) is 2.10. The minimum absolute atomic E-state index is 0.0127. The number of halogens is 4. The molecule has 0 bridgehead atoms. The molecule has 8 heteroatoms. The molecule has 0 spiro atoms. The summed E-state index contributed by atoms with van der Waals surface area (Å²) in [5.41, 5.74) is -0.444. The largest absolute Gasteiger partial charge is 0.301 e. The minimum Gasteiger partial charge on any atom is -0.301 e. The molecular formula is C9H4Br2ClFN2OS. The molecule has 90 valence electrons. The molecule has 0 amide bonds. The van der Waals surface area contributed by atoms with Gasteiger partial charge in [0.25, 0.3) is 5.56 Å². The molecule has 1 heterocycles. The minimum atomic E-state index is -0.644. The lowest BCUT2D eigenvalue weighted by atomic mass is 10.2. The molecule has 0 saturated carbocycles. The molecule has 0 radical (unpaired) electrons. The molecule has 2 rings (SSSR count). The van der Waals surface area contributed by atoms with E-state index in [-0.39, 0.29) is 20.4 Å². The fourth-order valence-electron chi connectivity index (χ4n) is 1.32. The first-order valence-electron chi connectivity index (χ1n) is 4.27. The summed E-state index contributed by atoms with van der Waals surface area (Å²) < 4.78 is 14.4. The van der Waals surface area contributed by atoms with Crippen molar-refractivity contribution < 1.29 is 4.39 Å². The van der Waals surface area contributed by atoms with Crippen molar-refractivity contribution in [3.05, 3.63) is 30.1 Å². The van der Waals surface area contributed by atoms with Crippen molar-refractivity contribution in [2.24, 2.45) is 0 Å². The molecule has 1 N–H and O–H groups in total. The van der Waals surface area contributed by atoms with Crippen LogP contribution in [0.5, 0.6) is 0 Å². The predicted octanol–water partition coefficient (Wildman–Crippen LogP) is 3.96. The van der Waals surface area contributed by atoms with Crippen molar-refractivity contribution in [3.8, 4) is 0 Å². The Bertz CT molecular complexity index is 676. The number of H-pyrrole nitrogens is 1. The zero-order chi connectivity index (χ0) is 12.7. The van der Waals surface area contributed by atoms with Crippen LogP contribution < -0.4 is 5.56 Å². The molecule has 0 atom stereocenters. The number of benzene rings is 1. The van der Waals surface area contributed by atoms with E-state index in [0.29, 0.717) is 9.63 Å². The number of nitrogens with one attached hydrogen (secondary N) is 1. The Kier molecular flexibility index (Phi) is 3.82. The van der Waals surface area contributed by atoms with E-state index < -0.39 is 11.4 Å². The lowest BCUT2D eigenvalue weighted by molar-refractivity contribution is 0.628. The first kappa shape index (κ1) is 13.3. The van der Waals surface area contributed by atoms with Gasteiger partial charge in [-0.05, 0) is 38.1 Å². The summed E-state index contributed by atoms with van der Waals surface area (Å²) in [6.45, 7) is 0. The van der Waals surface area contributed by atoms with E-state index in [2.05, 4.69) is 41.8 Å². The molecule has 0 aliphatic carbocycles. The zero-order valence-electron chi connectivity index (χ0n) is 8.28. The van der Waals surface area contributed by atoms with E-state index >= 15 is 0 Å². The van der Waals surface area contributed by atoms with Crippen LogP contribution >= 0.6 is 55.2 Å². The van der Waals surface area contributed by atoms with Crippen LogP contribution in [-0.2, 0) is 0 Å². The van der Waals surface area contributed by atoms with Gasteiger partial charge >= 0.3 is 0 Å². The van der Waals surface area contributed by atoms with E-state index in [0.717, 1.165) is 0 Å². The van der Waals surface area contributed by atoms with Crippen molar-refractivity contribution in [2.75, 3.05) is 6.26 Å². The highest BCUT2D eigenvalue weighted by molar-refractivity contribution is 9.11. The standard InChI is InChI=1S/C9H4Br2ClFN2OS/c1-17-9-14-7-2(8(16)15-9)3(10)5(12)4(11)6(7)13/h1H3,(H,14,15,16). The van der Waals surface area contributed by atoms with Gasteiger partial charge in [0.2, 0.25) is 0 Å². The fourth-order valence-corrected chi connectivity index (χ4v) is 3.09. The lowest BCUT2D eigenvalue weighted by Gasteiger charge is -2.07. The summed E-state index contributed by atoms with van der Waals surface area (Å²) in [6, 6.07) is 0. The number of nitrogens with zero attached hydrogens (tertiary/aromatic N) is 1. The Balaban J connectivity index is 3.06. The van der Waals surface area contributed by atoms with E-state index in [9.17, 15) is 9.18 Å². The molecule has 17 heavy (non-hydrogen) atoms. The summed E-state index contributed by atoms with van der Waals surface area (Å²) in [5.74, 6) is -0.644. The highest BCUT2D eigenvalue weighted by Gasteiger charge is 2.19. The van der Waals surface area contributed by atoms with Gasteiger partial charge < -0.3 is 4.98 Å². The maximum Gasteiger partial charge on any atom is 0.260 e. The predicted molar refractivity (Wildman–Crippen MR) is 74.5 cm³/mol. The number of rotatable bonds is 1. The molecule has 0 saturated heterocycles. The molecule has 1 aromatic heterocycles. The van der Waals surface area contributed by atoms with Crippen molar-refractivity contribution in [1.29, 1.82) is 0 Å². The highest BCUT2D eigenvalue weighted by atomic mass is 79.9. The maximum absolute atomic E-state index is 14.0. The summed E-state index contributed by atoms with van der Waals surface area (Å²) in [5, 5.41) is 0.565. The quantitative estimate of drug-likeness (QED) is 0.340. The average molecular weight is 402 g/mol. The molecule has 1 aromatic carbocycles. The van der Waals surface area contributed by atoms with E-state index in [1.165, 1.54) is 11.8 Å². The topological polar surface area (TPSA) is 45.8 Å². The van der Waals surface area contributed by atoms with Gasteiger partial charge in [-0.2, -0.15) is 0 Å². The Morgan fingerprint density at radius 2 is 2.06 bits per heavy atom. The molecule has 0 aliphatic heterocycles. The van der Waals surface area contributed by atoms with Gasteiger partial charge in [-0.15, -0.1) is 0 Å². The summed E-state index contributed by atoms with van der Waals surface area (Å²) in [4.78, 5) is 18.4. The Hall–Kier alpha value is -0.110. The Morgan fingerprint density at radius 3 is 2.65 bits per heavy atom. The summed E-state index contributed by atoms with van der Waals surface area (Å²) in [7, 11) is 0. The van der Waals surface area contributed by atoms with Crippen LogP contribution in [-0.4, -0.2) is 16.2 Å². The van der Waals surface area contributed by atoms with E-state index in [1.54, 1.807) is 6.26 Å². The smallest absolute Gasteiger partial charge is 0.260 e. The van der Waals surface area contributed by atoms with Crippen LogP contribution in [0.1, 0.15) is 0 Å². The van der Waals surface area contributed by atoms with E-state index in [4.69, 9.17) is 11.6 Å². The van der Waals surface area contributed by atoms with Gasteiger partial charge in [-0.3, -0.25) is 4.79 Å². The number of hydrogen-bond donors (Lipinski definition) is 1. The SMILES string of the molecule is CSc1nc2c(F)c(Br)c(Cl)c(Br)c2c(=O)[nH]1. The van der Waals surface area contributed by atoms with Gasteiger partial charge in [0.1, 0.15) is 5.52 Å². The zero-order valence-corrected chi connectivity index (χ0v) is 13.0. The van der Waals surface area contributed by atoms with Crippen molar-refractivity contribution in [2.45, 2.75) is 5.16 Å². The van der Waals surface area contributed by atoms with Gasteiger partial charge in [-0.1, -0.05) is 23.4 Å². The molecule has 0 aliphatic rings. The second-order valence-electron chi connectivity index (χ2n) is 3.05. The van der Waals surface area contributed by atoms with Crippen molar-refractivity contribution in [1.82, 2.24) is 9.97 Å². The number of aromatic nitrogens is 2. The second-order valence-corrected chi connectivity index (χ2v) is 5.81. The fraction of sp³-hybridized carbons (Fsp3) is 0.111. The first-order chi connectivity index (χ1) is 7.97. The third kappa shape index (κ3) is 2.14. The van der Waals surface area contributed by atoms with E-state index in [1.807, 2.05) is 0 Å². The van der Waals surface area contributed by atoms with Crippen molar-refractivity contribution in [3.63, 3.8) is 0 Å². The third-order valence-corrected chi connectivity index (χ3v) is 5.05. The summed E-state index contributed by atoms with van der Waals surface area (Å²) in [6.07, 6.45) is 1.74. The molecule has 0 fully saturated rings. The van der Waals surface area contributed by atoms with Crippen LogP contribution in [0.2, 0.25) is 5.02 Å². The highest BCUT2D eigenvalue weighted by Crippen LogP contribution is 2.37. The number of thioether (sulfide) groups is 1. The number of fused-ring (bicyclic) bond motifs is 1. The molecule has 3 nitrogen and oxygen atoms in total. The maximum atomic E-state index is 14.0. The summed E-state index contributed by atoms with van der Waals surface area (Å²) >= 11 is 13.3. The number of hydrogen-bond acceptors (Lipinski definition) is 3. The normalized spacial score (nSPS) is 11.1. The van der Waals surface area contributed by atoms with Gasteiger partial charge in [-0.25, -0.2) is 9.37 Å². The van der Waals surface area contributed by atoms with Crippen molar-refractivity contribution >= 4 is 66.1 Å². The first-order valence-corrected chi connectivity index (χ1v) is 7.46. The van der Waals surface area contributed by atoms with Crippen LogP contribution in [0.15, 0.2) is 18.9 Å². The van der Waals surface area contributed by atoms with Gasteiger partial charge in [0, 0.05) is 0 Å². The average Bonchev–Trinajstić information content (AvgIpc) is 2.32. The monoisotopic (exact) mass is 400 g/mol. The van der Waals surface area contributed by atoms with Crippen LogP contribution in [0, 0.1) is 5.82 Å². The van der Waals surface area contributed by atoms with Gasteiger partial charge in [0.15, 0.2) is 11.0 Å². The molecule has 0 unspecified atom stereocenters.